The summed E-state index contributed by atoms with van der Waals surface area (Å²) in [6.07, 6.45) is 1.58. The molecule has 0 saturated heterocycles. The van der Waals surface area contributed by atoms with E-state index in [9.17, 15) is 9.59 Å². The molecule has 2 rings (SSSR count). The van der Waals surface area contributed by atoms with E-state index in [0.29, 0.717) is 48.2 Å². The number of hydrogen-bond acceptors (Lipinski definition) is 4. The largest absolute Gasteiger partial charge is 0.493 e. The Morgan fingerprint density at radius 2 is 1.93 bits per heavy atom. The third-order valence-electron chi connectivity index (χ3n) is 4.86. The summed E-state index contributed by atoms with van der Waals surface area (Å²) in [5.41, 5.74) is 3.46. The van der Waals surface area contributed by atoms with Crippen molar-refractivity contribution in [1.29, 1.82) is 0 Å². The van der Waals surface area contributed by atoms with E-state index in [4.69, 9.17) is 9.47 Å². The van der Waals surface area contributed by atoms with E-state index in [1.165, 1.54) is 6.92 Å². The highest BCUT2D eigenvalue weighted by atomic mass is 16.5. The second-order valence-corrected chi connectivity index (χ2v) is 7.59. The summed E-state index contributed by atoms with van der Waals surface area (Å²) in [4.78, 5) is 27.7. The van der Waals surface area contributed by atoms with E-state index in [0.717, 1.165) is 23.2 Å². The summed E-state index contributed by atoms with van der Waals surface area (Å²) in [6.45, 7) is 10.6. The first-order valence-corrected chi connectivity index (χ1v) is 10.1. The van der Waals surface area contributed by atoms with Crippen molar-refractivity contribution in [3.05, 3.63) is 46.3 Å². The van der Waals surface area contributed by atoms with Gasteiger partial charge < -0.3 is 19.8 Å². The Kier molecular flexibility index (Phi) is 7.88. The van der Waals surface area contributed by atoms with Gasteiger partial charge in [0.1, 0.15) is 5.69 Å². The zero-order chi connectivity index (χ0) is 21.6. The first-order valence-electron chi connectivity index (χ1n) is 10.1. The SMILES string of the molecule is CCc1c(C(=O)NCc2ccc(OCCC(C)C)c(OC)c2)[nH]c(C)c1C(C)=O. The summed E-state index contributed by atoms with van der Waals surface area (Å²) >= 11 is 0. The lowest BCUT2D eigenvalue weighted by Gasteiger charge is -2.13. The van der Waals surface area contributed by atoms with Gasteiger partial charge in [-0.25, -0.2) is 0 Å². The maximum atomic E-state index is 12.7. The molecule has 1 aromatic carbocycles. The summed E-state index contributed by atoms with van der Waals surface area (Å²) in [5.74, 6) is 1.65. The standard InChI is InChI=1S/C23H32N2O4/c1-7-18-21(16(5)26)15(4)25-22(18)23(27)24-13-17-8-9-19(20(12-17)28-6)29-11-10-14(2)3/h8-9,12,14,25H,7,10-11,13H2,1-6H3,(H,24,27). The Morgan fingerprint density at radius 1 is 1.21 bits per heavy atom. The summed E-state index contributed by atoms with van der Waals surface area (Å²) < 4.78 is 11.2. The molecule has 0 unspecified atom stereocenters. The van der Waals surface area contributed by atoms with E-state index >= 15 is 0 Å². The number of aromatic amines is 1. The van der Waals surface area contributed by atoms with Crippen LogP contribution in [0, 0.1) is 12.8 Å². The molecular weight excluding hydrogens is 368 g/mol. The van der Waals surface area contributed by atoms with Gasteiger partial charge >= 0.3 is 0 Å². The van der Waals surface area contributed by atoms with Gasteiger partial charge in [0.25, 0.3) is 5.91 Å². The Labute approximate surface area is 173 Å². The van der Waals surface area contributed by atoms with Gasteiger partial charge in [-0.05, 0) is 55.9 Å². The Bertz CT molecular complexity index is 868. The highest BCUT2D eigenvalue weighted by Gasteiger charge is 2.21. The molecule has 0 aliphatic heterocycles. The molecule has 0 atom stereocenters. The number of amides is 1. The van der Waals surface area contributed by atoms with Crippen LogP contribution in [0.4, 0.5) is 0 Å². The van der Waals surface area contributed by atoms with Crippen LogP contribution in [0.3, 0.4) is 0 Å². The number of rotatable bonds is 10. The molecule has 0 spiro atoms. The number of methoxy groups -OCH3 is 1. The smallest absolute Gasteiger partial charge is 0.268 e. The van der Waals surface area contributed by atoms with E-state index in [-0.39, 0.29) is 11.7 Å². The van der Waals surface area contributed by atoms with Crippen LogP contribution in [0.15, 0.2) is 18.2 Å². The summed E-state index contributed by atoms with van der Waals surface area (Å²) in [5, 5.41) is 2.92. The molecule has 1 amide bonds. The highest BCUT2D eigenvalue weighted by molar-refractivity contribution is 6.02. The molecule has 29 heavy (non-hydrogen) atoms. The molecule has 0 aliphatic rings. The van der Waals surface area contributed by atoms with Crippen molar-refractivity contribution in [2.45, 2.75) is 54.0 Å². The first-order chi connectivity index (χ1) is 13.8. The molecule has 1 aromatic heterocycles. The number of nitrogens with one attached hydrogen (secondary N) is 2. The summed E-state index contributed by atoms with van der Waals surface area (Å²) in [6, 6.07) is 5.65. The number of Topliss-reactive ketones (excluding diaryl/α,β-unsaturated/α-hetero) is 1. The fourth-order valence-corrected chi connectivity index (χ4v) is 3.32. The number of hydrogen-bond donors (Lipinski definition) is 2. The topological polar surface area (TPSA) is 80.4 Å². The number of ether oxygens (including phenoxy) is 2. The van der Waals surface area contributed by atoms with Gasteiger partial charge in [-0.3, -0.25) is 9.59 Å². The minimum Gasteiger partial charge on any atom is -0.493 e. The fraction of sp³-hybridized carbons (Fsp3) is 0.478. The molecule has 6 heteroatoms. The number of ketones is 1. The average Bonchev–Trinajstić information content (AvgIpc) is 3.03. The van der Waals surface area contributed by atoms with E-state index in [1.54, 1.807) is 7.11 Å². The third-order valence-corrected chi connectivity index (χ3v) is 4.86. The number of H-pyrrole nitrogens is 1. The van der Waals surface area contributed by atoms with Crippen LogP contribution in [0.25, 0.3) is 0 Å². The second-order valence-electron chi connectivity index (χ2n) is 7.59. The number of benzene rings is 1. The maximum absolute atomic E-state index is 12.7. The van der Waals surface area contributed by atoms with Crippen molar-refractivity contribution in [1.82, 2.24) is 10.3 Å². The molecule has 158 valence electrons. The monoisotopic (exact) mass is 400 g/mol. The lowest BCUT2D eigenvalue weighted by atomic mass is 10.0. The van der Waals surface area contributed by atoms with Crippen LogP contribution in [0.2, 0.25) is 0 Å². The van der Waals surface area contributed by atoms with E-state index < -0.39 is 0 Å². The number of aromatic nitrogens is 1. The van der Waals surface area contributed by atoms with Gasteiger partial charge in [0.05, 0.1) is 13.7 Å². The van der Waals surface area contributed by atoms with Crippen molar-refractivity contribution < 1.29 is 19.1 Å². The van der Waals surface area contributed by atoms with Crippen LogP contribution < -0.4 is 14.8 Å². The maximum Gasteiger partial charge on any atom is 0.268 e. The van der Waals surface area contributed by atoms with Crippen molar-refractivity contribution >= 4 is 11.7 Å². The molecule has 6 nitrogen and oxygen atoms in total. The van der Waals surface area contributed by atoms with Crippen LogP contribution in [-0.2, 0) is 13.0 Å². The van der Waals surface area contributed by atoms with Gasteiger partial charge in [0.15, 0.2) is 17.3 Å². The van der Waals surface area contributed by atoms with Crippen LogP contribution in [0.5, 0.6) is 11.5 Å². The lowest BCUT2D eigenvalue weighted by molar-refractivity contribution is 0.0945. The molecule has 0 saturated carbocycles. The molecule has 1 heterocycles. The number of carbonyl (C=O) groups is 2. The predicted molar refractivity (Wildman–Crippen MR) is 114 cm³/mol. The van der Waals surface area contributed by atoms with Gasteiger partial charge in [-0.15, -0.1) is 0 Å². The van der Waals surface area contributed by atoms with Gasteiger partial charge in [-0.1, -0.05) is 26.8 Å². The van der Waals surface area contributed by atoms with Crippen molar-refractivity contribution in [2.24, 2.45) is 5.92 Å². The highest BCUT2D eigenvalue weighted by Crippen LogP contribution is 2.28. The van der Waals surface area contributed by atoms with Crippen LogP contribution in [-0.4, -0.2) is 30.4 Å². The van der Waals surface area contributed by atoms with E-state index in [1.807, 2.05) is 32.0 Å². The van der Waals surface area contributed by atoms with E-state index in [2.05, 4.69) is 24.1 Å². The molecule has 0 bridgehead atoms. The van der Waals surface area contributed by atoms with Crippen LogP contribution >= 0.6 is 0 Å². The van der Waals surface area contributed by atoms with Crippen molar-refractivity contribution in [3.63, 3.8) is 0 Å². The van der Waals surface area contributed by atoms with Crippen molar-refractivity contribution in [2.75, 3.05) is 13.7 Å². The molecule has 0 radical (unpaired) electrons. The quantitative estimate of drug-likeness (QED) is 0.577. The second kappa shape index (κ2) is 10.1. The zero-order valence-electron chi connectivity index (χ0n) is 18.3. The minimum atomic E-state index is -0.228. The third kappa shape index (κ3) is 5.62. The molecule has 2 aromatic rings. The Balaban J connectivity index is 2.09. The molecule has 2 N–H and O–H groups in total. The normalized spacial score (nSPS) is 10.9. The van der Waals surface area contributed by atoms with Gasteiger partial charge in [-0.2, -0.15) is 0 Å². The van der Waals surface area contributed by atoms with Crippen LogP contribution in [0.1, 0.15) is 71.8 Å². The predicted octanol–water partition coefficient (Wildman–Crippen LogP) is 4.45. The Morgan fingerprint density at radius 3 is 2.52 bits per heavy atom. The van der Waals surface area contributed by atoms with Gasteiger partial charge in [0.2, 0.25) is 0 Å². The molecule has 0 fully saturated rings. The van der Waals surface area contributed by atoms with Gasteiger partial charge in [0, 0.05) is 17.8 Å². The fourth-order valence-electron chi connectivity index (χ4n) is 3.32. The lowest BCUT2D eigenvalue weighted by Crippen LogP contribution is -2.24. The Hall–Kier alpha value is -2.76. The number of aryl methyl sites for hydroxylation is 1. The zero-order valence-corrected chi connectivity index (χ0v) is 18.3. The molecule has 0 aliphatic carbocycles. The summed E-state index contributed by atoms with van der Waals surface area (Å²) in [7, 11) is 1.60. The first kappa shape index (κ1) is 22.5. The number of carbonyl (C=O) groups excluding carboxylic acids is 2. The average molecular weight is 401 g/mol. The molecular formula is C23H32N2O4. The van der Waals surface area contributed by atoms with Crippen molar-refractivity contribution in [3.8, 4) is 11.5 Å². The minimum absolute atomic E-state index is 0.0348.